The number of anilines is 1. The fourth-order valence-corrected chi connectivity index (χ4v) is 5.83. The number of aromatic nitrogens is 2. The molecule has 1 amide bonds. The van der Waals surface area contributed by atoms with Crippen LogP contribution in [0.2, 0.25) is 0 Å². The number of ether oxygens (including phenoxy) is 1. The second-order valence-electron chi connectivity index (χ2n) is 9.64. The maximum atomic E-state index is 13.4. The second-order valence-corrected chi connectivity index (χ2v) is 10.8. The van der Waals surface area contributed by atoms with Gasteiger partial charge in [0.1, 0.15) is 6.33 Å². The van der Waals surface area contributed by atoms with Gasteiger partial charge in [-0.3, -0.25) is 9.69 Å². The van der Waals surface area contributed by atoms with Crippen LogP contribution in [0.15, 0.2) is 48.8 Å². The Morgan fingerprint density at radius 1 is 1.05 bits per heavy atom. The summed E-state index contributed by atoms with van der Waals surface area (Å²) in [6.45, 7) is 7.09. The molecule has 3 aromatic rings. The van der Waals surface area contributed by atoms with E-state index in [4.69, 9.17) is 10.5 Å². The summed E-state index contributed by atoms with van der Waals surface area (Å²) >= 11 is 2.26. The zero-order valence-corrected chi connectivity index (χ0v) is 23.8. The van der Waals surface area contributed by atoms with Crippen LogP contribution in [0.4, 0.5) is 5.69 Å². The first kappa shape index (κ1) is 26.6. The van der Waals surface area contributed by atoms with Gasteiger partial charge in [-0.15, -0.1) is 0 Å². The van der Waals surface area contributed by atoms with Crippen LogP contribution in [0.3, 0.4) is 0 Å². The standard InChI is InChI=1S/C30H32IN5O2/c1-2-28-26(9-5-21-3-7-23(32)8-4-21)29(34-20-33-28)22-6-10-25(27(31)19-22)30(37)36-15-13-35(14-16-36)24-11-17-38-18-12-24/h3-4,6-8,10,19-20,24H,2,11-18,32H2,1H3. The first-order valence-electron chi connectivity index (χ1n) is 13.2. The lowest BCUT2D eigenvalue weighted by molar-refractivity contribution is 0.0137. The van der Waals surface area contributed by atoms with Gasteiger partial charge < -0.3 is 15.4 Å². The molecule has 2 saturated heterocycles. The molecule has 5 rings (SSSR count). The summed E-state index contributed by atoms with van der Waals surface area (Å²) in [7, 11) is 0. The highest BCUT2D eigenvalue weighted by molar-refractivity contribution is 14.1. The molecule has 8 heteroatoms. The van der Waals surface area contributed by atoms with Gasteiger partial charge in [-0.25, -0.2) is 9.97 Å². The molecule has 7 nitrogen and oxygen atoms in total. The van der Waals surface area contributed by atoms with E-state index in [1.807, 2.05) is 47.4 Å². The molecule has 2 aliphatic rings. The molecule has 3 heterocycles. The summed E-state index contributed by atoms with van der Waals surface area (Å²) in [5, 5.41) is 0. The van der Waals surface area contributed by atoms with E-state index in [0.29, 0.717) is 11.7 Å². The van der Waals surface area contributed by atoms with Gasteiger partial charge >= 0.3 is 0 Å². The van der Waals surface area contributed by atoms with Crippen molar-refractivity contribution in [2.75, 3.05) is 45.1 Å². The molecule has 0 bridgehead atoms. The number of nitrogen functional groups attached to an aromatic ring is 1. The molecule has 2 aromatic carbocycles. The monoisotopic (exact) mass is 621 g/mol. The lowest BCUT2D eigenvalue weighted by Gasteiger charge is -2.40. The number of hydrogen-bond donors (Lipinski definition) is 1. The number of aryl methyl sites for hydroxylation is 1. The van der Waals surface area contributed by atoms with Crippen LogP contribution < -0.4 is 5.73 Å². The van der Waals surface area contributed by atoms with Crippen LogP contribution in [0.5, 0.6) is 0 Å². The van der Waals surface area contributed by atoms with E-state index in [9.17, 15) is 4.79 Å². The fourth-order valence-electron chi connectivity index (χ4n) is 5.09. The van der Waals surface area contributed by atoms with Gasteiger partial charge in [0, 0.05) is 65.8 Å². The van der Waals surface area contributed by atoms with Gasteiger partial charge in [-0.2, -0.15) is 0 Å². The van der Waals surface area contributed by atoms with Gasteiger partial charge in [0.15, 0.2) is 0 Å². The number of hydrogen-bond acceptors (Lipinski definition) is 6. The van der Waals surface area contributed by atoms with Crippen LogP contribution in [0.25, 0.3) is 11.3 Å². The first-order chi connectivity index (χ1) is 18.5. The molecule has 0 unspecified atom stereocenters. The Kier molecular flexibility index (Phi) is 8.57. The van der Waals surface area contributed by atoms with Crippen molar-refractivity contribution in [2.24, 2.45) is 0 Å². The predicted molar refractivity (Wildman–Crippen MR) is 158 cm³/mol. The van der Waals surface area contributed by atoms with Crippen LogP contribution in [-0.2, 0) is 11.2 Å². The van der Waals surface area contributed by atoms with Crippen molar-refractivity contribution in [3.05, 3.63) is 74.7 Å². The van der Waals surface area contributed by atoms with Gasteiger partial charge in [-0.1, -0.05) is 24.8 Å². The maximum absolute atomic E-state index is 13.4. The number of nitrogens with zero attached hydrogens (tertiary/aromatic N) is 4. The normalized spacial score (nSPS) is 16.6. The molecule has 0 radical (unpaired) electrons. The molecular formula is C30H32IN5O2. The summed E-state index contributed by atoms with van der Waals surface area (Å²) in [5.74, 6) is 6.62. The third kappa shape index (κ3) is 6.01. The van der Waals surface area contributed by atoms with Gasteiger partial charge in [0.2, 0.25) is 0 Å². The highest BCUT2D eigenvalue weighted by Gasteiger charge is 2.28. The Morgan fingerprint density at radius 3 is 2.47 bits per heavy atom. The molecule has 0 spiro atoms. The van der Waals surface area contributed by atoms with E-state index in [0.717, 1.165) is 95.9 Å². The minimum absolute atomic E-state index is 0.0906. The summed E-state index contributed by atoms with van der Waals surface area (Å²) in [6, 6.07) is 14.0. The van der Waals surface area contributed by atoms with E-state index in [2.05, 4.69) is 56.2 Å². The third-order valence-electron chi connectivity index (χ3n) is 7.28. The van der Waals surface area contributed by atoms with Gasteiger partial charge in [-0.05, 0) is 78.3 Å². The zero-order valence-electron chi connectivity index (χ0n) is 21.6. The number of amides is 1. The van der Waals surface area contributed by atoms with E-state index in [1.165, 1.54) is 0 Å². The molecule has 38 heavy (non-hydrogen) atoms. The van der Waals surface area contributed by atoms with Crippen molar-refractivity contribution in [1.82, 2.24) is 19.8 Å². The van der Waals surface area contributed by atoms with Crippen molar-refractivity contribution in [3.63, 3.8) is 0 Å². The summed E-state index contributed by atoms with van der Waals surface area (Å²) in [6.07, 6.45) is 4.51. The average Bonchev–Trinajstić information content (AvgIpc) is 2.97. The summed E-state index contributed by atoms with van der Waals surface area (Å²) in [5.41, 5.74) is 11.5. The Hall–Kier alpha value is -3.00. The second kappa shape index (κ2) is 12.2. The van der Waals surface area contributed by atoms with Gasteiger partial charge in [0.25, 0.3) is 5.91 Å². The number of piperazine rings is 1. The SMILES string of the molecule is CCc1ncnc(-c2ccc(C(=O)N3CCN(C4CCOCC4)CC3)c(I)c2)c1C#Cc1ccc(N)cc1. The minimum atomic E-state index is 0.0906. The molecule has 2 fully saturated rings. The summed E-state index contributed by atoms with van der Waals surface area (Å²) in [4.78, 5) is 27.0. The third-order valence-corrected chi connectivity index (χ3v) is 8.18. The fraction of sp³-hybridized carbons (Fsp3) is 0.367. The molecule has 0 saturated carbocycles. The number of nitrogens with two attached hydrogens (primary N) is 1. The van der Waals surface area contributed by atoms with Crippen LogP contribution in [-0.4, -0.2) is 71.1 Å². The number of carbonyl (C=O) groups is 1. The molecule has 2 N–H and O–H groups in total. The topological polar surface area (TPSA) is 84.6 Å². The number of carbonyl (C=O) groups excluding carboxylic acids is 1. The largest absolute Gasteiger partial charge is 0.399 e. The Bertz CT molecular complexity index is 1350. The van der Waals surface area contributed by atoms with Crippen LogP contribution in [0, 0.1) is 15.4 Å². The van der Waals surface area contributed by atoms with Crippen LogP contribution >= 0.6 is 22.6 Å². The molecule has 196 valence electrons. The predicted octanol–water partition coefficient (Wildman–Crippen LogP) is 4.23. The Balaban J connectivity index is 1.35. The Morgan fingerprint density at radius 2 is 1.79 bits per heavy atom. The van der Waals surface area contributed by atoms with Crippen molar-refractivity contribution in [1.29, 1.82) is 0 Å². The lowest BCUT2D eigenvalue weighted by atomic mass is 10.0. The molecular weight excluding hydrogens is 589 g/mol. The molecule has 0 atom stereocenters. The van der Waals surface area contributed by atoms with E-state index in [-0.39, 0.29) is 5.91 Å². The average molecular weight is 622 g/mol. The first-order valence-corrected chi connectivity index (χ1v) is 14.2. The zero-order chi connectivity index (χ0) is 26.5. The van der Waals surface area contributed by atoms with Crippen LogP contribution in [0.1, 0.15) is 46.9 Å². The van der Waals surface area contributed by atoms with E-state index >= 15 is 0 Å². The smallest absolute Gasteiger partial charge is 0.255 e. The van der Waals surface area contributed by atoms with E-state index in [1.54, 1.807) is 6.33 Å². The van der Waals surface area contributed by atoms with Gasteiger partial charge in [0.05, 0.1) is 22.5 Å². The lowest BCUT2D eigenvalue weighted by Crippen LogP contribution is -2.53. The minimum Gasteiger partial charge on any atom is -0.399 e. The maximum Gasteiger partial charge on any atom is 0.255 e. The molecule has 0 aliphatic carbocycles. The number of rotatable bonds is 4. The van der Waals surface area contributed by atoms with Crippen molar-refractivity contribution in [3.8, 4) is 23.1 Å². The highest BCUT2D eigenvalue weighted by atomic mass is 127. The van der Waals surface area contributed by atoms with Crippen molar-refractivity contribution < 1.29 is 9.53 Å². The number of halogens is 1. The van der Waals surface area contributed by atoms with Crippen molar-refractivity contribution >= 4 is 34.2 Å². The highest BCUT2D eigenvalue weighted by Crippen LogP contribution is 2.27. The van der Waals surface area contributed by atoms with E-state index < -0.39 is 0 Å². The molecule has 1 aromatic heterocycles. The Labute approximate surface area is 237 Å². The van der Waals surface area contributed by atoms with Crippen molar-refractivity contribution in [2.45, 2.75) is 32.2 Å². The summed E-state index contributed by atoms with van der Waals surface area (Å²) < 4.78 is 6.42. The quantitative estimate of drug-likeness (QED) is 0.267. The molecule has 2 aliphatic heterocycles. The number of benzene rings is 2.